The molecule has 1 heterocycles. The van der Waals surface area contributed by atoms with E-state index >= 15 is 0 Å². The lowest BCUT2D eigenvalue weighted by Gasteiger charge is -2.19. The molecule has 0 radical (unpaired) electrons. The highest BCUT2D eigenvalue weighted by molar-refractivity contribution is 7.90. The fraction of sp³-hybridized carbons (Fsp3) is 0.583. The third kappa shape index (κ3) is 5.35. The van der Waals surface area contributed by atoms with E-state index in [2.05, 4.69) is 17.2 Å². The van der Waals surface area contributed by atoms with Gasteiger partial charge in [-0.25, -0.2) is 13.4 Å². The van der Waals surface area contributed by atoms with Gasteiger partial charge in [0.25, 0.3) is 0 Å². The zero-order chi connectivity index (χ0) is 13.6. The van der Waals surface area contributed by atoms with Crippen LogP contribution in [-0.2, 0) is 9.84 Å². The van der Waals surface area contributed by atoms with Crippen molar-refractivity contribution in [2.75, 3.05) is 42.4 Å². The standard InChI is InChI=1S/C12H21N3O2S/c1-4-6-13-12-10-11(5-7-14-12)15(2)8-9-18(3,16)17/h5,7,10H,4,6,8-9H2,1-3H3,(H,13,14). The number of nitrogens with zero attached hydrogens (tertiary/aromatic N) is 2. The van der Waals surface area contributed by atoms with Crippen LogP contribution in [0, 0.1) is 0 Å². The molecule has 0 aliphatic heterocycles. The molecule has 5 nitrogen and oxygen atoms in total. The van der Waals surface area contributed by atoms with Crippen molar-refractivity contribution in [3.8, 4) is 0 Å². The first kappa shape index (κ1) is 14.8. The fourth-order valence-corrected chi connectivity index (χ4v) is 2.04. The maximum atomic E-state index is 11.1. The largest absolute Gasteiger partial charge is 0.373 e. The van der Waals surface area contributed by atoms with Crippen molar-refractivity contribution in [1.29, 1.82) is 0 Å². The minimum atomic E-state index is -2.92. The third-order valence-electron chi connectivity index (χ3n) is 2.54. The topological polar surface area (TPSA) is 62.3 Å². The van der Waals surface area contributed by atoms with E-state index in [9.17, 15) is 8.42 Å². The van der Waals surface area contributed by atoms with E-state index in [1.807, 2.05) is 24.1 Å². The van der Waals surface area contributed by atoms with Gasteiger partial charge in [0.15, 0.2) is 0 Å². The molecule has 0 spiro atoms. The normalized spacial score (nSPS) is 11.3. The Kier molecular flexibility index (Phi) is 5.40. The van der Waals surface area contributed by atoms with Crippen molar-refractivity contribution in [2.24, 2.45) is 0 Å². The van der Waals surface area contributed by atoms with Crippen LogP contribution in [0.15, 0.2) is 18.3 Å². The van der Waals surface area contributed by atoms with E-state index in [4.69, 9.17) is 0 Å². The minimum absolute atomic E-state index is 0.156. The first-order valence-electron chi connectivity index (χ1n) is 6.01. The number of rotatable bonds is 7. The molecule has 0 saturated heterocycles. The zero-order valence-electron chi connectivity index (χ0n) is 11.2. The van der Waals surface area contributed by atoms with Crippen LogP contribution in [0.4, 0.5) is 11.5 Å². The van der Waals surface area contributed by atoms with Gasteiger partial charge in [0.05, 0.1) is 5.75 Å². The maximum absolute atomic E-state index is 11.1. The van der Waals surface area contributed by atoms with Gasteiger partial charge >= 0.3 is 0 Å². The third-order valence-corrected chi connectivity index (χ3v) is 3.46. The Morgan fingerprint density at radius 3 is 2.78 bits per heavy atom. The summed E-state index contributed by atoms with van der Waals surface area (Å²) in [6.45, 7) is 3.45. The molecular formula is C12H21N3O2S. The highest BCUT2D eigenvalue weighted by atomic mass is 32.2. The fourth-order valence-electron chi connectivity index (χ4n) is 1.44. The van der Waals surface area contributed by atoms with Gasteiger partial charge in [-0.05, 0) is 12.5 Å². The second-order valence-electron chi connectivity index (χ2n) is 4.38. The highest BCUT2D eigenvalue weighted by Crippen LogP contribution is 2.15. The summed E-state index contributed by atoms with van der Waals surface area (Å²) in [6.07, 6.45) is 4.02. The van der Waals surface area contributed by atoms with E-state index in [0.717, 1.165) is 24.5 Å². The predicted octanol–water partition coefficient (Wildman–Crippen LogP) is 1.38. The van der Waals surface area contributed by atoms with Gasteiger partial charge in [-0.15, -0.1) is 0 Å². The second kappa shape index (κ2) is 6.58. The molecule has 0 unspecified atom stereocenters. The molecule has 0 aliphatic carbocycles. The molecule has 0 fully saturated rings. The smallest absolute Gasteiger partial charge is 0.149 e. The van der Waals surface area contributed by atoms with Crippen LogP contribution >= 0.6 is 0 Å². The van der Waals surface area contributed by atoms with Crippen molar-refractivity contribution >= 4 is 21.3 Å². The lowest BCUT2D eigenvalue weighted by atomic mass is 10.3. The number of aromatic nitrogens is 1. The Morgan fingerprint density at radius 1 is 1.44 bits per heavy atom. The van der Waals surface area contributed by atoms with Crippen LogP contribution in [0.3, 0.4) is 0 Å². The lowest BCUT2D eigenvalue weighted by molar-refractivity contribution is 0.601. The van der Waals surface area contributed by atoms with Crippen molar-refractivity contribution < 1.29 is 8.42 Å². The molecular weight excluding hydrogens is 250 g/mol. The summed E-state index contributed by atoms with van der Waals surface area (Å²) < 4.78 is 22.2. The minimum Gasteiger partial charge on any atom is -0.373 e. The first-order chi connectivity index (χ1) is 8.42. The Labute approximate surface area is 109 Å². The van der Waals surface area contributed by atoms with Crippen molar-refractivity contribution in [3.63, 3.8) is 0 Å². The van der Waals surface area contributed by atoms with E-state index in [-0.39, 0.29) is 5.75 Å². The summed E-state index contributed by atoms with van der Waals surface area (Å²) in [6, 6.07) is 3.80. The molecule has 0 saturated carbocycles. The maximum Gasteiger partial charge on any atom is 0.149 e. The van der Waals surface area contributed by atoms with Crippen molar-refractivity contribution in [2.45, 2.75) is 13.3 Å². The van der Waals surface area contributed by atoms with E-state index in [1.54, 1.807) is 6.20 Å². The van der Waals surface area contributed by atoms with E-state index in [0.29, 0.717) is 6.54 Å². The van der Waals surface area contributed by atoms with Gasteiger partial charge in [-0.3, -0.25) is 0 Å². The molecule has 0 aliphatic rings. The SMILES string of the molecule is CCCNc1cc(N(C)CCS(C)(=O)=O)ccn1. The Balaban J connectivity index is 2.64. The number of hydrogen-bond donors (Lipinski definition) is 1. The van der Waals surface area contributed by atoms with Crippen molar-refractivity contribution in [3.05, 3.63) is 18.3 Å². The van der Waals surface area contributed by atoms with Crippen LogP contribution in [-0.4, -0.2) is 45.5 Å². The van der Waals surface area contributed by atoms with Gasteiger partial charge < -0.3 is 10.2 Å². The summed E-state index contributed by atoms with van der Waals surface area (Å²) >= 11 is 0. The van der Waals surface area contributed by atoms with Crippen LogP contribution < -0.4 is 10.2 Å². The second-order valence-corrected chi connectivity index (χ2v) is 6.64. The number of anilines is 2. The number of nitrogens with one attached hydrogen (secondary N) is 1. The first-order valence-corrected chi connectivity index (χ1v) is 8.07. The quantitative estimate of drug-likeness (QED) is 0.812. The molecule has 1 N–H and O–H groups in total. The summed E-state index contributed by atoms with van der Waals surface area (Å²) in [4.78, 5) is 6.13. The van der Waals surface area contributed by atoms with Gasteiger partial charge in [0.2, 0.25) is 0 Å². The molecule has 1 rings (SSSR count). The molecule has 0 atom stereocenters. The Bertz CT molecular complexity index is 474. The average Bonchev–Trinajstić information content (AvgIpc) is 2.33. The Morgan fingerprint density at radius 2 is 2.17 bits per heavy atom. The lowest BCUT2D eigenvalue weighted by Crippen LogP contribution is -2.24. The van der Waals surface area contributed by atoms with Gasteiger partial charge in [0.1, 0.15) is 15.7 Å². The number of pyridine rings is 1. The van der Waals surface area contributed by atoms with E-state index in [1.165, 1.54) is 6.26 Å². The van der Waals surface area contributed by atoms with Crippen LogP contribution in [0.2, 0.25) is 0 Å². The molecule has 6 heteroatoms. The molecule has 1 aromatic heterocycles. The van der Waals surface area contributed by atoms with Gasteiger partial charge in [-0.2, -0.15) is 0 Å². The zero-order valence-corrected chi connectivity index (χ0v) is 12.0. The summed E-state index contributed by atoms with van der Waals surface area (Å²) in [5, 5.41) is 3.21. The predicted molar refractivity (Wildman–Crippen MR) is 76.0 cm³/mol. The number of sulfone groups is 1. The molecule has 18 heavy (non-hydrogen) atoms. The summed E-state index contributed by atoms with van der Waals surface area (Å²) in [7, 11) is -1.05. The molecule has 1 aromatic rings. The van der Waals surface area contributed by atoms with Crippen LogP contribution in [0.1, 0.15) is 13.3 Å². The monoisotopic (exact) mass is 271 g/mol. The highest BCUT2D eigenvalue weighted by Gasteiger charge is 2.07. The van der Waals surface area contributed by atoms with Crippen LogP contribution in [0.5, 0.6) is 0 Å². The average molecular weight is 271 g/mol. The molecule has 0 bridgehead atoms. The van der Waals surface area contributed by atoms with Crippen LogP contribution in [0.25, 0.3) is 0 Å². The van der Waals surface area contributed by atoms with Crippen molar-refractivity contribution in [1.82, 2.24) is 4.98 Å². The van der Waals surface area contributed by atoms with Gasteiger partial charge in [0, 0.05) is 44.3 Å². The summed E-state index contributed by atoms with van der Waals surface area (Å²) in [5.41, 5.74) is 0.965. The molecule has 0 aromatic carbocycles. The van der Waals surface area contributed by atoms with E-state index < -0.39 is 9.84 Å². The molecule has 0 amide bonds. The Hall–Kier alpha value is -1.30. The van der Waals surface area contributed by atoms with Gasteiger partial charge in [-0.1, -0.05) is 6.92 Å². The molecule has 102 valence electrons. The summed E-state index contributed by atoms with van der Waals surface area (Å²) in [5.74, 6) is 0.976. The number of hydrogen-bond acceptors (Lipinski definition) is 5.